The number of hydrogen-bond acceptors (Lipinski definition) is 5. The molecule has 8 nitrogen and oxygen atoms in total. The van der Waals surface area contributed by atoms with E-state index in [4.69, 9.17) is 0 Å². The molecule has 2 fully saturated rings. The van der Waals surface area contributed by atoms with Gasteiger partial charge >= 0.3 is 0 Å². The van der Waals surface area contributed by atoms with E-state index in [1.54, 1.807) is 16.7 Å². The first kappa shape index (κ1) is 21.2. The van der Waals surface area contributed by atoms with E-state index in [-0.39, 0.29) is 17.9 Å². The Morgan fingerprint density at radius 2 is 1.86 bits per heavy atom. The number of likely N-dealkylation sites (N-methyl/N-ethyl adjacent to an activating group) is 1. The van der Waals surface area contributed by atoms with Crippen LogP contribution in [0.3, 0.4) is 0 Å². The highest BCUT2D eigenvalue weighted by Gasteiger charge is 2.31. The number of carbonyl (C=O) groups is 1. The number of nitrogens with one attached hydrogen (secondary N) is 2. The molecule has 0 saturated carbocycles. The van der Waals surface area contributed by atoms with Crippen molar-refractivity contribution in [2.24, 2.45) is 5.92 Å². The van der Waals surface area contributed by atoms with Crippen LogP contribution in [0, 0.1) is 5.92 Å². The molecule has 2 aliphatic heterocycles. The second-order valence-corrected chi connectivity index (χ2v) is 9.55. The van der Waals surface area contributed by atoms with Crippen LogP contribution >= 0.6 is 0 Å². The molecule has 1 aromatic heterocycles. The van der Waals surface area contributed by atoms with Gasteiger partial charge in [-0.05, 0) is 50.4 Å². The Hall–Kier alpha value is -1.55. The van der Waals surface area contributed by atoms with Crippen molar-refractivity contribution in [1.29, 1.82) is 0 Å². The molecular formula is C19H31N5O3S. The Balaban J connectivity index is 1.52. The zero-order valence-electron chi connectivity index (χ0n) is 16.5. The highest BCUT2D eigenvalue weighted by Crippen LogP contribution is 2.19. The fourth-order valence-electron chi connectivity index (χ4n) is 3.95. The first-order chi connectivity index (χ1) is 13.4. The van der Waals surface area contributed by atoms with Crippen LogP contribution in [0.2, 0.25) is 0 Å². The molecule has 3 rings (SSSR count). The van der Waals surface area contributed by atoms with E-state index < -0.39 is 10.2 Å². The Morgan fingerprint density at radius 1 is 1.14 bits per heavy atom. The van der Waals surface area contributed by atoms with Gasteiger partial charge in [-0.2, -0.15) is 17.4 Å². The number of carbonyl (C=O) groups excluding carboxylic acids is 1. The van der Waals surface area contributed by atoms with Crippen molar-refractivity contribution in [2.45, 2.75) is 44.7 Å². The number of nitrogens with zero attached hydrogens (tertiary/aromatic N) is 3. The van der Waals surface area contributed by atoms with Gasteiger partial charge in [-0.1, -0.05) is 6.42 Å². The summed E-state index contributed by atoms with van der Waals surface area (Å²) in [6.07, 6.45) is 7.68. The molecule has 2 saturated heterocycles. The van der Waals surface area contributed by atoms with Crippen LogP contribution < -0.4 is 10.0 Å². The number of rotatable bonds is 6. The molecule has 0 spiro atoms. The van der Waals surface area contributed by atoms with Crippen LogP contribution in [0.15, 0.2) is 24.5 Å². The van der Waals surface area contributed by atoms with Crippen molar-refractivity contribution >= 4 is 16.1 Å². The van der Waals surface area contributed by atoms with Gasteiger partial charge < -0.3 is 10.2 Å². The largest absolute Gasteiger partial charge is 0.352 e. The number of amides is 1. The van der Waals surface area contributed by atoms with Crippen LogP contribution in [-0.2, 0) is 21.5 Å². The van der Waals surface area contributed by atoms with E-state index in [1.165, 1.54) is 0 Å². The number of pyridine rings is 1. The lowest BCUT2D eigenvalue weighted by atomic mass is 10.0. The minimum atomic E-state index is -3.46. The van der Waals surface area contributed by atoms with Crippen LogP contribution in [0.5, 0.6) is 0 Å². The van der Waals surface area contributed by atoms with E-state index in [2.05, 4.69) is 15.0 Å². The third-order valence-corrected chi connectivity index (χ3v) is 7.16. The van der Waals surface area contributed by atoms with Gasteiger partial charge in [-0.15, -0.1) is 0 Å². The molecule has 0 radical (unpaired) electrons. The lowest BCUT2D eigenvalue weighted by Crippen LogP contribution is -2.49. The number of piperidine rings is 1. The van der Waals surface area contributed by atoms with Crippen molar-refractivity contribution in [3.8, 4) is 0 Å². The molecule has 0 unspecified atom stereocenters. The van der Waals surface area contributed by atoms with Gasteiger partial charge in [0, 0.05) is 51.2 Å². The molecule has 2 N–H and O–H groups in total. The van der Waals surface area contributed by atoms with Gasteiger partial charge in [-0.3, -0.25) is 9.78 Å². The van der Waals surface area contributed by atoms with Crippen molar-refractivity contribution in [3.63, 3.8) is 0 Å². The topological polar surface area (TPSA) is 94.6 Å². The molecule has 0 bridgehead atoms. The first-order valence-corrected chi connectivity index (χ1v) is 11.5. The molecule has 0 aliphatic carbocycles. The van der Waals surface area contributed by atoms with Gasteiger partial charge in [0.05, 0.1) is 5.92 Å². The first-order valence-electron chi connectivity index (χ1n) is 10.1. The van der Waals surface area contributed by atoms with Crippen LogP contribution in [0.25, 0.3) is 0 Å². The molecular weight excluding hydrogens is 378 g/mol. The average molecular weight is 410 g/mol. The fraction of sp³-hybridized carbons (Fsp3) is 0.684. The predicted molar refractivity (Wildman–Crippen MR) is 108 cm³/mol. The minimum Gasteiger partial charge on any atom is -0.352 e. The molecule has 1 amide bonds. The van der Waals surface area contributed by atoms with Gasteiger partial charge in [0.25, 0.3) is 10.2 Å². The Bertz CT molecular complexity index is 737. The van der Waals surface area contributed by atoms with Crippen LogP contribution in [-0.4, -0.2) is 67.8 Å². The standard InChI is InChI=1S/C19H31N5O3S/c1-23-14-17(19(25)21-13-16-7-9-20-10-8-16)5-6-18(15-23)22-28(26,27)24-11-3-2-4-12-24/h7-10,17-18,22H,2-6,11-15H2,1H3,(H,21,25)/t17-,18+/m1/s1. The SMILES string of the molecule is CN1C[C@@H](NS(=O)(=O)N2CCCCC2)CC[C@@H](C(=O)NCc2ccncc2)C1. The third kappa shape index (κ3) is 5.97. The van der Waals surface area contributed by atoms with Crippen molar-refractivity contribution in [1.82, 2.24) is 24.2 Å². The zero-order chi connectivity index (χ0) is 20.0. The summed E-state index contributed by atoms with van der Waals surface area (Å²) in [5.74, 6) is -0.125. The molecule has 0 aromatic carbocycles. The molecule has 3 heterocycles. The third-order valence-electron chi connectivity index (χ3n) is 5.49. The number of likely N-dealkylation sites (tertiary alicyclic amines) is 1. The van der Waals surface area contributed by atoms with E-state index in [1.807, 2.05) is 24.1 Å². The van der Waals surface area contributed by atoms with Gasteiger partial charge in [0.2, 0.25) is 5.91 Å². The summed E-state index contributed by atoms with van der Waals surface area (Å²) >= 11 is 0. The normalized spacial score (nSPS) is 25.2. The van der Waals surface area contributed by atoms with Crippen molar-refractivity contribution in [3.05, 3.63) is 30.1 Å². The Morgan fingerprint density at radius 3 is 2.57 bits per heavy atom. The van der Waals surface area contributed by atoms with Crippen LogP contribution in [0.4, 0.5) is 0 Å². The molecule has 156 valence electrons. The zero-order valence-corrected chi connectivity index (χ0v) is 17.3. The highest BCUT2D eigenvalue weighted by atomic mass is 32.2. The lowest BCUT2D eigenvalue weighted by Gasteiger charge is -2.29. The Kier molecular flexibility index (Phi) is 7.39. The van der Waals surface area contributed by atoms with E-state index in [9.17, 15) is 13.2 Å². The molecule has 1 aromatic rings. The van der Waals surface area contributed by atoms with Crippen LogP contribution in [0.1, 0.15) is 37.7 Å². The van der Waals surface area contributed by atoms with Gasteiger partial charge in [-0.25, -0.2) is 0 Å². The predicted octanol–water partition coefficient (Wildman–Crippen LogP) is 0.729. The second kappa shape index (κ2) is 9.78. The molecule has 2 atom stereocenters. The maximum absolute atomic E-state index is 12.7. The van der Waals surface area contributed by atoms with E-state index in [0.29, 0.717) is 45.6 Å². The summed E-state index contributed by atoms with van der Waals surface area (Å²) in [7, 11) is -1.52. The number of hydrogen-bond donors (Lipinski definition) is 2. The maximum Gasteiger partial charge on any atom is 0.279 e. The van der Waals surface area contributed by atoms with Crippen molar-refractivity contribution in [2.75, 3.05) is 33.2 Å². The molecule has 9 heteroatoms. The summed E-state index contributed by atoms with van der Waals surface area (Å²) < 4.78 is 29.7. The van der Waals surface area contributed by atoms with Crippen molar-refractivity contribution < 1.29 is 13.2 Å². The number of aromatic nitrogens is 1. The Labute approximate surface area is 167 Å². The minimum absolute atomic E-state index is 0.0169. The highest BCUT2D eigenvalue weighted by molar-refractivity contribution is 7.87. The van der Waals surface area contributed by atoms with E-state index >= 15 is 0 Å². The summed E-state index contributed by atoms with van der Waals surface area (Å²) in [5, 5.41) is 2.99. The summed E-state index contributed by atoms with van der Waals surface area (Å²) in [6.45, 7) is 2.91. The fourth-order valence-corrected chi connectivity index (χ4v) is 5.45. The lowest BCUT2D eigenvalue weighted by molar-refractivity contribution is -0.125. The van der Waals surface area contributed by atoms with Gasteiger partial charge in [0.15, 0.2) is 0 Å². The maximum atomic E-state index is 12.7. The smallest absolute Gasteiger partial charge is 0.279 e. The second-order valence-electron chi connectivity index (χ2n) is 7.85. The quantitative estimate of drug-likeness (QED) is 0.722. The van der Waals surface area contributed by atoms with Gasteiger partial charge in [0.1, 0.15) is 0 Å². The summed E-state index contributed by atoms with van der Waals surface area (Å²) in [5.41, 5.74) is 1.01. The van der Waals surface area contributed by atoms with E-state index in [0.717, 1.165) is 24.8 Å². The summed E-state index contributed by atoms with van der Waals surface area (Å²) in [4.78, 5) is 18.6. The average Bonchev–Trinajstić information content (AvgIpc) is 2.88. The molecule has 28 heavy (non-hydrogen) atoms. The monoisotopic (exact) mass is 409 g/mol. The summed E-state index contributed by atoms with van der Waals surface area (Å²) in [6, 6.07) is 3.59. The molecule has 2 aliphatic rings.